The van der Waals surface area contributed by atoms with Gasteiger partial charge in [-0.3, -0.25) is 0 Å². The largest absolute Gasteiger partial charge is 0.341 e. The number of nitrogens with one attached hydrogen (secondary N) is 1. The molecular formula is C24H27FN6. The highest BCUT2D eigenvalue weighted by Gasteiger charge is 2.22. The lowest BCUT2D eigenvalue weighted by atomic mass is 9.96. The third kappa shape index (κ3) is 4.14. The molecule has 2 fully saturated rings. The van der Waals surface area contributed by atoms with Crippen molar-refractivity contribution in [3.05, 3.63) is 54.0 Å². The fourth-order valence-corrected chi connectivity index (χ4v) is 4.48. The molecule has 4 heterocycles. The highest BCUT2D eigenvalue weighted by molar-refractivity contribution is 5.81. The van der Waals surface area contributed by atoms with Crippen molar-refractivity contribution in [2.45, 2.75) is 38.5 Å². The van der Waals surface area contributed by atoms with Crippen LogP contribution in [-0.4, -0.2) is 46.1 Å². The molecule has 0 radical (unpaired) electrons. The Morgan fingerprint density at radius 2 is 1.65 bits per heavy atom. The zero-order valence-corrected chi connectivity index (χ0v) is 17.8. The van der Waals surface area contributed by atoms with Crippen molar-refractivity contribution in [3.8, 4) is 22.4 Å². The predicted octanol–water partition coefficient (Wildman–Crippen LogP) is 4.12. The maximum absolute atomic E-state index is 13.5. The molecule has 0 bridgehead atoms. The molecule has 0 amide bonds. The van der Waals surface area contributed by atoms with Crippen LogP contribution >= 0.6 is 0 Å². The van der Waals surface area contributed by atoms with Crippen LogP contribution in [0.25, 0.3) is 22.4 Å². The number of piperidine rings is 1. The zero-order chi connectivity index (χ0) is 21.2. The molecule has 31 heavy (non-hydrogen) atoms. The van der Waals surface area contributed by atoms with Gasteiger partial charge in [-0.25, -0.2) is 24.3 Å². The highest BCUT2D eigenvalue weighted by Crippen LogP contribution is 2.34. The van der Waals surface area contributed by atoms with Crippen LogP contribution in [0.2, 0.25) is 0 Å². The maximum atomic E-state index is 13.5. The number of benzene rings is 1. The number of aryl methyl sites for hydroxylation is 1. The van der Waals surface area contributed by atoms with Crippen LogP contribution < -0.4 is 10.2 Å². The van der Waals surface area contributed by atoms with Gasteiger partial charge in [-0.05, 0) is 63.4 Å². The van der Waals surface area contributed by atoms with Crippen molar-refractivity contribution >= 4 is 5.95 Å². The number of rotatable bonds is 4. The molecule has 0 saturated carbocycles. The van der Waals surface area contributed by atoms with Crippen LogP contribution in [0.5, 0.6) is 0 Å². The van der Waals surface area contributed by atoms with Crippen molar-refractivity contribution in [1.29, 1.82) is 0 Å². The van der Waals surface area contributed by atoms with E-state index in [0.29, 0.717) is 5.92 Å². The minimum atomic E-state index is -0.259. The minimum absolute atomic E-state index is 0.259. The molecule has 2 saturated heterocycles. The van der Waals surface area contributed by atoms with Gasteiger partial charge in [0, 0.05) is 42.5 Å². The summed E-state index contributed by atoms with van der Waals surface area (Å²) in [5.41, 5.74) is 4.37. The molecule has 6 nitrogen and oxygen atoms in total. The summed E-state index contributed by atoms with van der Waals surface area (Å²) in [5, 5.41) is 3.39. The van der Waals surface area contributed by atoms with Gasteiger partial charge in [0.25, 0.3) is 0 Å². The van der Waals surface area contributed by atoms with Crippen LogP contribution in [0.1, 0.15) is 43.1 Å². The zero-order valence-electron chi connectivity index (χ0n) is 17.8. The van der Waals surface area contributed by atoms with E-state index in [1.165, 1.54) is 12.1 Å². The van der Waals surface area contributed by atoms with E-state index in [0.717, 1.165) is 91.7 Å². The first kappa shape index (κ1) is 20.0. The van der Waals surface area contributed by atoms with E-state index in [1.807, 2.05) is 19.3 Å². The van der Waals surface area contributed by atoms with Crippen LogP contribution in [0.15, 0.2) is 36.7 Å². The van der Waals surface area contributed by atoms with Gasteiger partial charge in [0.05, 0.1) is 11.4 Å². The summed E-state index contributed by atoms with van der Waals surface area (Å²) in [6.07, 6.45) is 8.20. The molecular weight excluding hydrogens is 391 g/mol. The number of hydrogen-bond donors (Lipinski definition) is 1. The van der Waals surface area contributed by atoms with Gasteiger partial charge in [-0.2, -0.15) is 0 Å². The summed E-state index contributed by atoms with van der Waals surface area (Å²) in [5.74, 6) is 1.79. The first-order chi connectivity index (χ1) is 15.2. The Morgan fingerprint density at radius 3 is 2.35 bits per heavy atom. The molecule has 1 aromatic carbocycles. The summed E-state index contributed by atoms with van der Waals surface area (Å²) < 4.78 is 13.5. The minimum Gasteiger partial charge on any atom is -0.341 e. The third-order valence-corrected chi connectivity index (χ3v) is 6.28. The van der Waals surface area contributed by atoms with E-state index >= 15 is 0 Å². The Kier molecular flexibility index (Phi) is 5.59. The lowest BCUT2D eigenvalue weighted by Crippen LogP contribution is -2.27. The highest BCUT2D eigenvalue weighted by atomic mass is 19.1. The molecule has 2 aliphatic rings. The second-order valence-corrected chi connectivity index (χ2v) is 8.38. The van der Waals surface area contributed by atoms with Gasteiger partial charge in [-0.1, -0.05) is 12.1 Å². The van der Waals surface area contributed by atoms with Crippen LogP contribution in [0.3, 0.4) is 0 Å². The Morgan fingerprint density at radius 1 is 0.935 bits per heavy atom. The van der Waals surface area contributed by atoms with E-state index in [-0.39, 0.29) is 5.82 Å². The molecule has 2 aliphatic heterocycles. The standard InChI is InChI=1S/C24H27FN6/c1-16-20(14-27-23(29-16)18-8-10-26-11-9-18)22-21(17-4-6-19(25)7-5-17)15-28-24(30-22)31-12-2-3-13-31/h4-7,14-15,18,26H,2-3,8-13H2,1H3. The average Bonchev–Trinajstić information content (AvgIpc) is 3.35. The summed E-state index contributed by atoms with van der Waals surface area (Å²) >= 11 is 0. The second-order valence-electron chi connectivity index (χ2n) is 8.38. The molecule has 3 aromatic rings. The number of nitrogens with zero attached hydrogens (tertiary/aromatic N) is 5. The quantitative estimate of drug-likeness (QED) is 0.688. The second kappa shape index (κ2) is 8.67. The van der Waals surface area contributed by atoms with E-state index in [9.17, 15) is 4.39 Å². The van der Waals surface area contributed by atoms with E-state index in [1.54, 1.807) is 12.1 Å². The normalized spacial score (nSPS) is 17.3. The molecule has 0 spiro atoms. The Balaban J connectivity index is 1.58. The third-order valence-electron chi connectivity index (χ3n) is 6.28. The Labute approximate surface area is 182 Å². The van der Waals surface area contributed by atoms with Gasteiger partial charge < -0.3 is 10.2 Å². The number of aromatic nitrogens is 4. The van der Waals surface area contributed by atoms with Crippen LogP contribution in [-0.2, 0) is 0 Å². The van der Waals surface area contributed by atoms with Gasteiger partial charge in [0.2, 0.25) is 5.95 Å². The van der Waals surface area contributed by atoms with Crippen molar-refractivity contribution in [2.75, 3.05) is 31.1 Å². The Hall–Kier alpha value is -2.93. The molecule has 0 unspecified atom stereocenters. The molecule has 2 aromatic heterocycles. The molecule has 0 atom stereocenters. The van der Waals surface area contributed by atoms with E-state index in [4.69, 9.17) is 15.0 Å². The topological polar surface area (TPSA) is 66.8 Å². The smallest absolute Gasteiger partial charge is 0.225 e. The van der Waals surface area contributed by atoms with Gasteiger partial charge >= 0.3 is 0 Å². The number of halogens is 1. The van der Waals surface area contributed by atoms with Gasteiger partial charge in [-0.15, -0.1) is 0 Å². The molecule has 7 heteroatoms. The lowest BCUT2D eigenvalue weighted by molar-refractivity contribution is 0.444. The van der Waals surface area contributed by atoms with Crippen molar-refractivity contribution in [3.63, 3.8) is 0 Å². The van der Waals surface area contributed by atoms with Crippen molar-refractivity contribution in [1.82, 2.24) is 25.3 Å². The average molecular weight is 419 g/mol. The fraction of sp³-hybridized carbons (Fsp3) is 0.417. The van der Waals surface area contributed by atoms with Gasteiger partial charge in [0.15, 0.2) is 0 Å². The summed E-state index contributed by atoms with van der Waals surface area (Å²) in [6.45, 7) is 5.98. The van der Waals surface area contributed by atoms with E-state index in [2.05, 4.69) is 15.2 Å². The molecule has 5 rings (SSSR count). The SMILES string of the molecule is Cc1nc(C2CCNCC2)ncc1-c1nc(N2CCCC2)ncc1-c1ccc(F)cc1. The van der Waals surface area contributed by atoms with Crippen LogP contribution in [0.4, 0.5) is 10.3 Å². The summed E-state index contributed by atoms with van der Waals surface area (Å²) in [6, 6.07) is 6.48. The van der Waals surface area contributed by atoms with E-state index < -0.39 is 0 Å². The first-order valence-corrected chi connectivity index (χ1v) is 11.1. The first-order valence-electron chi connectivity index (χ1n) is 11.1. The monoisotopic (exact) mass is 418 g/mol. The summed E-state index contributed by atoms with van der Waals surface area (Å²) in [4.78, 5) is 21.4. The number of hydrogen-bond acceptors (Lipinski definition) is 6. The predicted molar refractivity (Wildman–Crippen MR) is 119 cm³/mol. The molecule has 1 N–H and O–H groups in total. The maximum Gasteiger partial charge on any atom is 0.225 e. The lowest BCUT2D eigenvalue weighted by Gasteiger charge is -2.22. The fourth-order valence-electron chi connectivity index (χ4n) is 4.48. The molecule has 0 aliphatic carbocycles. The van der Waals surface area contributed by atoms with Crippen molar-refractivity contribution < 1.29 is 4.39 Å². The van der Waals surface area contributed by atoms with Crippen molar-refractivity contribution in [2.24, 2.45) is 0 Å². The molecule has 160 valence electrons. The number of anilines is 1. The van der Waals surface area contributed by atoms with Crippen LogP contribution in [0, 0.1) is 12.7 Å². The summed E-state index contributed by atoms with van der Waals surface area (Å²) in [7, 11) is 0. The van der Waals surface area contributed by atoms with Gasteiger partial charge in [0.1, 0.15) is 11.6 Å². The Bertz CT molecular complexity index is 1060.